The third-order valence-electron chi connectivity index (χ3n) is 3.24. The molecule has 2 heterocycles. The maximum absolute atomic E-state index is 9.52. The number of phenols is 1. The van der Waals surface area contributed by atoms with Crippen LogP contribution in [0.4, 0.5) is 0 Å². The molecule has 0 radical (unpaired) electrons. The maximum Gasteiger partial charge on any atom is 0.259 e. The molecule has 0 aliphatic heterocycles. The Morgan fingerprint density at radius 2 is 1.95 bits per heavy atom. The fraction of sp³-hybridized carbons (Fsp3) is 0. The van der Waals surface area contributed by atoms with E-state index in [1.807, 2.05) is 29.6 Å². The van der Waals surface area contributed by atoms with Gasteiger partial charge in [-0.05, 0) is 18.2 Å². The summed E-state index contributed by atoms with van der Waals surface area (Å²) in [4.78, 5) is 4.43. The average molecular weight is 294 g/mol. The van der Waals surface area contributed by atoms with Crippen molar-refractivity contribution in [3.8, 4) is 28.6 Å². The van der Waals surface area contributed by atoms with Crippen molar-refractivity contribution in [3.05, 3.63) is 53.9 Å². The van der Waals surface area contributed by atoms with Gasteiger partial charge in [-0.1, -0.05) is 35.5 Å². The predicted octanol–water partition coefficient (Wildman–Crippen LogP) is 4.32. The summed E-state index contributed by atoms with van der Waals surface area (Å²) < 4.78 is 6.56. The van der Waals surface area contributed by atoms with Crippen molar-refractivity contribution in [2.45, 2.75) is 0 Å². The molecule has 0 spiro atoms. The van der Waals surface area contributed by atoms with E-state index in [9.17, 15) is 5.11 Å². The van der Waals surface area contributed by atoms with Crippen LogP contribution in [0.5, 0.6) is 5.75 Å². The van der Waals surface area contributed by atoms with Crippen molar-refractivity contribution in [1.29, 1.82) is 0 Å². The first kappa shape index (κ1) is 12.1. The smallest absolute Gasteiger partial charge is 0.259 e. The quantitative estimate of drug-likeness (QED) is 0.598. The van der Waals surface area contributed by atoms with E-state index in [4.69, 9.17) is 4.52 Å². The zero-order chi connectivity index (χ0) is 14.2. The zero-order valence-corrected chi connectivity index (χ0v) is 11.7. The topological polar surface area (TPSA) is 59.2 Å². The minimum atomic E-state index is 0.180. The number of hydrogen-bond donors (Lipinski definition) is 1. The highest BCUT2D eigenvalue weighted by Gasteiger charge is 2.14. The van der Waals surface area contributed by atoms with Gasteiger partial charge in [0.05, 0.1) is 5.56 Å². The predicted molar refractivity (Wildman–Crippen MR) is 82.2 cm³/mol. The summed E-state index contributed by atoms with van der Waals surface area (Å²) >= 11 is 1.65. The van der Waals surface area contributed by atoms with Crippen LogP contribution in [0.1, 0.15) is 0 Å². The molecule has 4 nitrogen and oxygen atoms in total. The average Bonchev–Trinajstić information content (AvgIpc) is 3.14. The Balaban J connectivity index is 1.81. The number of aromatic nitrogens is 2. The molecule has 0 saturated carbocycles. The van der Waals surface area contributed by atoms with Gasteiger partial charge in [0.1, 0.15) is 5.75 Å². The lowest BCUT2D eigenvalue weighted by atomic mass is 10.2. The van der Waals surface area contributed by atoms with E-state index in [2.05, 4.69) is 16.2 Å². The molecule has 5 heteroatoms. The van der Waals surface area contributed by atoms with Gasteiger partial charge in [-0.2, -0.15) is 4.98 Å². The van der Waals surface area contributed by atoms with Crippen molar-refractivity contribution in [1.82, 2.24) is 10.1 Å². The van der Waals surface area contributed by atoms with Crippen LogP contribution < -0.4 is 0 Å². The van der Waals surface area contributed by atoms with Gasteiger partial charge in [0.2, 0.25) is 5.82 Å². The van der Waals surface area contributed by atoms with Crippen LogP contribution >= 0.6 is 11.3 Å². The summed E-state index contributed by atoms with van der Waals surface area (Å²) in [6.45, 7) is 0. The molecule has 0 aliphatic rings. The van der Waals surface area contributed by atoms with Crippen LogP contribution in [0.25, 0.3) is 32.9 Å². The number of fused-ring (bicyclic) bond motifs is 1. The summed E-state index contributed by atoms with van der Waals surface area (Å²) in [7, 11) is 0. The molecular formula is C16H10N2O2S. The number of hydrogen-bond acceptors (Lipinski definition) is 5. The number of phenolic OH excluding ortho intramolecular Hbond substituents is 1. The fourth-order valence-electron chi connectivity index (χ4n) is 2.24. The molecule has 4 aromatic rings. The standard InChI is InChI=1S/C16H10N2O2S/c19-11-5-3-4-10(8-11)15-17-16(20-18-15)13-9-21-14-7-2-1-6-12(13)14/h1-9,19H. The van der Waals surface area contributed by atoms with Gasteiger partial charge in [-0.25, -0.2) is 0 Å². The van der Waals surface area contributed by atoms with Gasteiger partial charge in [-0.3, -0.25) is 0 Å². The molecular weight excluding hydrogens is 284 g/mol. The monoisotopic (exact) mass is 294 g/mol. The summed E-state index contributed by atoms with van der Waals surface area (Å²) in [5, 5.41) is 16.6. The normalized spacial score (nSPS) is 11.0. The largest absolute Gasteiger partial charge is 0.508 e. The molecule has 2 aromatic carbocycles. The van der Waals surface area contributed by atoms with Gasteiger partial charge < -0.3 is 9.63 Å². The lowest BCUT2D eigenvalue weighted by Crippen LogP contribution is -1.80. The number of benzene rings is 2. The maximum atomic E-state index is 9.52. The first-order chi connectivity index (χ1) is 10.3. The molecule has 0 fully saturated rings. The van der Waals surface area contributed by atoms with Crippen LogP contribution in [-0.2, 0) is 0 Å². The Morgan fingerprint density at radius 1 is 1.05 bits per heavy atom. The van der Waals surface area contributed by atoms with Crippen molar-refractivity contribution in [2.24, 2.45) is 0 Å². The minimum absolute atomic E-state index is 0.180. The molecule has 0 bridgehead atoms. The van der Waals surface area contributed by atoms with Crippen molar-refractivity contribution >= 4 is 21.4 Å². The molecule has 0 atom stereocenters. The van der Waals surface area contributed by atoms with E-state index in [1.54, 1.807) is 29.5 Å². The van der Waals surface area contributed by atoms with Crippen LogP contribution in [0.3, 0.4) is 0 Å². The molecule has 1 N–H and O–H groups in total. The van der Waals surface area contributed by atoms with Crippen molar-refractivity contribution in [3.63, 3.8) is 0 Å². The molecule has 4 rings (SSSR count). The van der Waals surface area contributed by atoms with Crippen LogP contribution in [0.15, 0.2) is 58.4 Å². The first-order valence-corrected chi connectivity index (χ1v) is 7.29. The number of nitrogens with zero attached hydrogens (tertiary/aromatic N) is 2. The number of thiophene rings is 1. The summed E-state index contributed by atoms with van der Waals surface area (Å²) in [6.07, 6.45) is 0. The second-order valence-electron chi connectivity index (χ2n) is 4.62. The number of rotatable bonds is 2. The molecule has 21 heavy (non-hydrogen) atoms. The van der Waals surface area contributed by atoms with Gasteiger partial charge in [0, 0.05) is 21.0 Å². The van der Waals surface area contributed by atoms with E-state index < -0.39 is 0 Å². The minimum Gasteiger partial charge on any atom is -0.508 e. The van der Waals surface area contributed by atoms with Crippen LogP contribution in [0, 0.1) is 0 Å². The zero-order valence-electron chi connectivity index (χ0n) is 10.9. The Labute approximate surface area is 124 Å². The van der Waals surface area contributed by atoms with Gasteiger partial charge >= 0.3 is 0 Å². The van der Waals surface area contributed by atoms with E-state index in [0.29, 0.717) is 11.7 Å². The van der Waals surface area contributed by atoms with E-state index >= 15 is 0 Å². The highest BCUT2D eigenvalue weighted by molar-refractivity contribution is 7.17. The van der Waals surface area contributed by atoms with E-state index in [1.165, 1.54) is 4.70 Å². The first-order valence-electron chi connectivity index (χ1n) is 6.41. The second-order valence-corrected chi connectivity index (χ2v) is 5.53. The van der Waals surface area contributed by atoms with E-state index in [-0.39, 0.29) is 5.75 Å². The molecule has 0 aliphatic carbocycles. The highest BCUT2D eigenvalue weighted by atomic mass is 32.1. The second kappa shape index (κ2) is 4.71. The molecule has 0 unspecified atom stereocenters. The lowest BCUT2D eigenvalue weighted by Gasteiger charge is -1.94. The van der Waals surface area contributed by atoms with Crippen molar-refractivity contribution < 1.29 is 9.63 Å². The molecule has 0 amide bonds. The lowest BCUT2D eigenvalue weighted by molar-refractivity contribution is 0.432. The van der Waals surface area contributed by atoms with Crippen LogP contribution in [-0.4, -0.2) is 15.2 Å². The van der Waals surface area contributed by atoms with Gasteiger partial charge in [-0.15, -0.1) is 11.3 Å². The third-order valence-corrected chi connectivity index (χ3v) is 4.21. The summed E-state index contributed by atoms with van der Waals surface area (Å²) in [5.74, 6) is 1.14. The number of aromatic hydroxyl groups is 1. The molecule has 0 saturated heterocycles. The van der Waals surface area contributed by atoms with Gasteiger partial charge in [0.15, 0.2) is 0 Å². The fourth-order valence-corrected chi connectivity index (χ4v) is 3.17. The highest BCUT2D eigenvalue weighted by Crippen LogP contribution is 2.33. The SMILES string of the molecule is Oc1cccc(-c2noc(-c3csc4ccccc34)n2)c1. The Hall–Kier alpha value is -2.66. The third kappa shape index (κ3) is 2.08. The Bertz CT molecular complexity index is 927. The molecule has 2 aromatic heterocycles. The Morgan fingerprint density at radius 3 is 2.86 bits per heavy atom. The van der Waals surface area contributed by atoms with E-state index in [0.717, 1.165) is 16.5 Å². The Kier molecular flexibility index (Phi) is 2.72. The van der Waals surface area contributed by atoms with Crippen LogP contribution in [0.2, 0.25) is 0 Å². The summed E-state index contributed by atoms with van der Waals surface area (Å²) in [5.41, 5.74) is 1.67. The molecule has 102 valence electrons. The summed E-state index contributed by atoms with van der Waals surface area (Å²) in [6, 6.07) is 14.9. The van der Waals surface area contributed by atoms with Gasteiger partial charge in [0.25, 0.3) is 5.89 Å². The van der Waals surface area contributed by atoms with Crippen molar-refractivity contribution in [2.75, 3.05) is 0 Å².